The Bertz CT molecular complexity index is 502. The third-order valence-corrected chi connectivity index (χ3v) is 2.97. The summed E-state index contributed by atoms with van der Waals surface area (Å²) in [5.74, 6) is 0. The zero-order valence-corrected chi connectivity index (χ0v) is 9.44. The van der Waals surface area contributed by atoms with Crippen LogP contribution in [0.4, 0.5) is 0 Å². The van der Waals surface area contributed by atoms with Crippen molar-refractivity contribution in [2.75, 3.05) is 0 Å². The van der Waals surface area contributed by atoms with Gasteiger partial charge in [-0.3, -0.25) is 9.78 Å². The highest BCUT2D eigenvalue weighted by Gasteiger charge is 2.04. The van der Waals surface area contributed by atoms with E-state index in [1.807, 2.05) is 6.92 Å². The molecule has 0 atom stereocenters. The van der Waals surface area contributed by atoms with Gasteiger partial charge in [0, 0.05) is 24.2 Å². The van der Waals surface area contributed by atoms with E-state index in [2.05, 4.69) is 15.0 Å². The second-order valence-electron chi connectivity index (χ2n) is 3.15. The normalized spacial score (nSPS) is 10.1. The first-order valence-electron chi connectivity index (χ1n) is 4.65. The molecular formula is C11H9N3OS. The quantitative estimate of drug-likeness (QED) is 0.757. The molecule has 0 saturated carbocycles. The lowest BCUT2D eigenvalue weighted by atomic mass is 10.2. The van der Waals surface area contributed by atoms with E-state index in [1.165, 1.54) is 11.8 Å². The first-order chi connectivity index (χ1) is 7.79. The second-order valence-corrected chi connectivity index (χ2v) is 4.16. The topological polar surface area (TPSA) is 55.7 Å². The van der Waals surface area contributed by atoms with Crippen LogP contribution in [0.3, 0.4) is 0 Å². The summed E-state index contributed by atoms with van der Waals surface area (Å²) in [6, 6.07) is 1.80. The van der Waals surface area contributed by atoms with Gasteiger partial charge < -0.3 is 0 Å². The van der Waals surface area contributed by atoms with Gasteiger partial charge in [0.25, 0.3) is 0 Å². The summed E-state index contributed by atoms with van der Waals surface area (Å²) in [6.45, 7) is 1.92. The highest BCUT2D eigenvalue weighted by Crippen LogP contribution is 2.26. The number of pyridine rings is 1. The number of carbonyl (C=O) groups excluding carboxylic acids is 1. The molecule has 0 amide bonds. The zero-order chi connectivity index (χ0) is 11.4. The van der Waals surface area contributed by atoms with Crippen molar-refractivity contribution in [3.05, 3.63) is 42.0 Å². The number of aldehydes is 1. The van der Waals surface area contributed by atoms with E-state index < -0.39 is 0 Å². The minimum absolute atomic E-state index is 0.584. The third kappa shape index (κ3) is 2.43. The Morgan fingerprint density at radius 3 is 2.75 bits per heavy atom. The molecule has 0 aliphatic rings. The summed E-state index contributed by atoms with van der Waals surface area (Å²) in [7, 11) is 0. The third-order valence-electron chi connectivity index (χ3n) is 1.93. The molecule has 2 rings (SSSR count). The van der Waals surface area contributed by atoms with Gasteiger partial charge in [-0.25, -0.2) is 9.97 Å². The second kappa shape index (κ2) is 4.85. The maximum Gasteiger partial charge on any atom is 0.151 e. The van der Waals surface area contributed by atoms with Crippen LogP contribution < -0.4 is 0 Å². The Kier molecular flexibility index (Phi) is 3.26. The molecule has 2 aromatic rings. The van der Waals surface area contributed by atoms with Crippen molar-refractivity contribution in [2.45, 2.75) is 17.0 Å². The van der Waals surface area contributed by atoms with Crippen LogP contribution in [0, 0.1) is 6.92 Å². The van der Waals surface area contributed by atoms with Crippen LogP contribution in [0.5, 0.6) is 0 Å². The van der Waals surface area contributed by atoms with Gasteiger partial charge >= 0.3 is 0 Å². The average Bonchev–Trinajstić information content (AvgIpc) is 2.33. The first kappa shape index (κ1) is 10.8. The van der Waals surface area contributed by atoms with Crippen LogP contribution >= 0.6 is 11.8 Å². The van der Waals surface area contributed by atoms with Crippen LogP contribution in [-0.2, 0) is 0 Å². The van der Waals surface area contributed by atoms with Crippen molar-refractivity contribution in [1.29, 1.82) is 0 Å². The lowest BCUT2D eigenvalue weighted by Crippen LogP contribution is -1.90. The summed E-state index contributed by atoms with van der Waals surface area (Å²) in [5.41, 5.74) is 1.54. The highest BCUT2D eigenvalue weighted by atomic mass is 32.2. The molecule has 0 spiro atoms. The molecule has 5 heteroatoms. The van der Waals surface area contributed by atoms with Crippen molar-refractivity contribution in [3.63, 3.8) is 0 Å². The molecule has 4 nitrogen and oxygen atoms in total. The molecule has 16 heavy (non-hydrogen) atoms. The van der Waals surface area contributed by atoms with Gasteiger partial charge in [-0.2, -0.15) is 0 Å². The van der Waals surface area contributed by atoms with E-state index in [9.17, 15) is 4.79 Å². The Morgan fingerprint density at radius 1 is 1.25 bits per heavy atom. The summed E-state index contributed by atoms with van der Waals surface area (Å²) < 4.78 is 0. The van der Waals surface area contributed by atoms with Crippen molar-refractivity contribution < 1.29 is 4.79 Å². The van der Waals surface area contributed by atoms with Crippen LogP contribution in [0.15, 0.2) is 40.9 Å². The number of hydrogen-bond acceptors (Lipinski definition) is 5. The molecule has 2 heterocycles. The van der Waals surface area contributed by atoms with Gasteiger partial charge in [0.2, 0.25) is 0 Å². The summed E-state index contributed by atoms with van der Waals surface area (Å²) >= 11 is 1.43. The molecule has 0 fully saturated rings. The summed E-state index contributed by atoms with van der Waals surface area (Å²) in [5, 5.41) is 1.63. The molecule has 0 bridgehead atoms. The maximum atomic E-state index is 10.6. The molecule has 0 aliphatic carbocycles. The van der Waals surface area contributed by atoms with Gasteiger partial charge in [-0.1, -0.05) is 0 Å². The first-order valence-corrected chi connectivity index (χ1v) is 5.47. The molecule has 0 unspecified atom stereocenters. The smallest absolute Gasteiger partial charge is 0.151 e. The lowest BCUT2D eigenvalue weighted by Gasteiger charge is -2.03. The van der Waals surface area contributed by atoms with E-state index in [4.69, 9.17) is 0 Å². The van der Waals surface area contributed by atoms with Crippen molar-refractivity contribution in [3.8, 4) is 0 Å². The van der Waals surface area contributed by atoms with Crippen molar-refractivity contribution in [1.82, 2.24) is 15.0 Å². The Labute approximate surface area is 97.2 Å². The largest absolute Gasteiger partial charge is 0.298 e. The van der Waals surface area contributed by atoms with Gasteiger partial charge in [-0.15, -0.1) is 0 Å². The van der Waals surface area contributed by atoms with E-state index >= 15 is 0 Å². The fourth-order valence-electron chi connectivity index (χ4n) is 1.19. The van der Waals surface area contributed by atoms with Crippen LogP contribution in [0.2, 0.25) is 0 Å². The van der Waals surface area contributed by atoms with E-state index in [0.29, 0.717) is 5.56 Å². The molecule has 0 aliphatic heterocycles. The van der Waals surface area contributed by atoms with E-state index in [-0.39, 0.29) is 0 Å². The van der Waals surface area contributed by atoms with Gasteiger partial charge in [0.1, 0.15) is 10.1 Å². The van der Waals surface area contributed by atoms with Gasteiger partial charge in [0.15, 0.2) is 6.29 Å². The van der Waals surface area contributed by atoms with E-state index in [0.717, 1.165) is 21.9 Å². The number of carbonyl (C=O) groups is 1. The SMILES string of the molecule is Cc1cc(C=O)cnc1Sc1cnccn1. The Balaban J connectivity index is 2.25. The van der Waals surface area contributed by atoms with Crippen molar-refractivity contribution >= 4 is 18.0 Å². The number of hydrogen-bond donors (Lipinski definition) is 0. The summed E-state index contributed by atoms with van der Waals surface area (Å²) in [4.78, 5) is 22.9. The zero-order valence-electron chi connectivity index (χ0n) is 8.62. The highest BCUT2D eigenvalue weighted by molar-refractivity contribution is 7.99. The van der Waals surface area contributed by atoms with Crippen molar-refractivity contribution in [2.24, 2.45) is 0 Å². The minimum atomic E-state index is 0.584. The number of aromatic nitrogens is 3. The molecule has 2 aromatic heterocycles. The number of rotatable bonds is 3. The number of aryl methyl sites for hydroxylation is 1. The molecule has 0 aromatic carbocycles. The van der Waals surface area contributed by atoms with Crippen LogP contribution in [-0.4, -0.2) is 21.2 Å². The summed E-state index contributed by atoms with van der Waals surface area (Å²) in [6.07, 6.45) is 7.28. The number of nitrogens with zero attached hydrogens (tertiary/aromatic N) is 3. The molecule has 80 valence electrons. The lowest BCUT2D eigenvalue weighted by molar-refractivity contribution is 0.112. The maximum absolute atomic E-state index is 10.6. The fourth-order valence-corrected chi connectivity index (χ4v) is 1.94. The molecule has 0 saturated heterocycles. The fraction of sp³-hybridized carbons (Fsp3) is 0.0909. The van der Waals surface area contributed by atoms with Crippen LogP contribution in [0.1, 0.15) is 15.9 Å². The van der Waals surface area contributed by atoms with Crippen LogP contribution in [0.25, 0.3) is 0 Å². The Hall–Kier alpha value is -1.75. The van der Waals surface area contributed by atoms with E-state index in [1.54, 1.807) is 30.9 Å². The average molecular weight is 231 g/mol. The predicted octanol–water partition coefficient (Wildman–Crippen LogP) is 2.14. The van der Waals surface area contributed by atoms with Gasteiger partial charge in [-0.05, 0) is 30.3 Å². The monoisotopic (exact) mass is 231 g/mol. The molecule has 0 radical (unpaired) electrons. The molecular weight excluding hydrogens is 222 g/mol. The Morgan fingerprint density at radius 2 is 2.12 bits per heavy atom. The predicted molar refractivity (Wildman–Crippen MR) is 60.5 cm³/mol. The minimum Gasteiger partial charge on any atom is -0.298 e. The molecule has 0 N–H and O–H groups in total. The standard InChI is InChI=1S/C11H9N3OS/c1-8-4-9(7-15)5-14-11(8)16-10-6-12-2-3-13-10/h2-7H,1H3. The van der Waals surface area contributed by atoms with Gasteiger partial charge in [0.05, 0.1) is 6.20 Å².